The first-order chi connectivity index (χ1) is 17.9. The van der Waals surface area contributed by atoms with E-state index in [4.69, 9.17) is 9.47 Å². The fourth-order valence-corrected chi connectivity index (χ4v) is 4.55. The number of methoxy groups -OCH3 is 1. The summed E-state index contributed by atoms with van der Waals surface area (Å²) in [7, 11) is 1.33. The molecule has 186 valence electrons. The zero-order valence-electron chi connectivity index (χ0n) is 20.6. The lowest BCUT2D eigenvalue weighted by atomic mass is 9.95. The van der Waals surface area contributed by atoms with Crippen LogP contribution in [-0.2, 0) is 9.47 Å². The number of H-pyrrole nitrogens is 1. The summed E-state index contributed by atoms with van der Waals surface area (Å²) < 4.78 is 9.92. The van der Waals surface area contributed by atoms with Crippen LogP contribution in [0.5, 0.6) is 0 Å². The first kappa shape index (κ1) is 24.0. The van der Waals surface area contributed by atoms with E-state index in [2.05, 4.69) is 10.2 Å². The summed E-state index contributed by atoms with van der Waals surface area (Å²) in [6.07, 6.45) is 0. The number of hydrogen-bond donors (Lipinski definition) is 1. The monoisotopic (exact) mass is 495 g/mol. The van der Waals surface area contributed by atoms with Crippen LogP contribution in [0.4, 0.5) is 5.69 Å². The van der Waals surface area contributed by atoms with Crippen LogP contribution in [0.15, 0.2) is 72.8 Å². The van der Waals surface area contributed by atoms with Gasteiger partial charge in [-0.25, -0.2) is 9.59 Å². The maximum Gasteiger partial charge on any atom is 0.338 e. The molecule has 0 aliphatic carbocycles. The molecule has 0 unspecified atom stereocenters. The molecule has 8 nitrogen and oxygen atoms in total. The minimum absolute atomic E-state index is 0.244. The van der Waals surface area contributed by atoms with E-state index in [0.717, 1.165) is 22.3 Å². The van der Waals surface area contributed by atoms with Crippen molar-refractivity contribution in [1.82, 2.24) is 10.2 Å². The summed E-state index contributed by atoms with van der Waals surface area (Å²) in [5.41, 5.74) is 6.03. The minimum Gasteiger partial charge on any atom is -0.465 e. The Morgan fingerprint density at radius 2 is 1.54 bits per heavy atom. The standard InChI is InChI=1S/C29H25N3O5/c1-4-37-29(35)21-13-15-22(16-14-21)32-26(19-9-11-20(12-10-19)28(34)36-3)23-24(30-31-25(23)27(32)33)18-7-5-17(2)6-8-18/h5-16,26H,4H2,1-3H3,(H,30,31)/t26-/m0/s1. The second kappa shape index (κ2) is 9.73. The molecular weight excluding hydrogens is 470 g/mol. The molecule has 3 aromatic carbocycles. The lowest BCUT2D eigenvalue weighted by Gasteiger charge is -2.26. The number of aromatic nitrogens is 2. The van der Waals surface area contributed by atoms with Crippen LogP contribution in [0.1, 0.15) is 60.9 Å². The van der Waals surface area contributed by atoms with Gasteiger partial charge in [0.2, 0.25) is 0 Å². The van der Waals surface area contributed by atoms with Gasteiger partial charge in [-0.3, -0.25) is 14.8 Å². The fraction of sp³-hybridized carbons (Fsp3) is 0.172. The van der Waals surface area contributed by atoms with Crippen LogP contribution >= 0.6 is 0 Å². The second-order valence-electron chi connectivity index (χ2n) is 8.69. The number of nitrogens with zero attached hydrogens (tertiary/aromatic N) is 2. The Morgan fingerprint density at radius 1 is 0.919 bits per heavy atom. The third kappa shape index (κ3) is 4.27. The van der Waals surface area contributed by atoms with Gasteiger partial charge in [0, 0.05) is 16.8 Å². The summed E-state index contributed by atoms with van der Waals surface area (Å²) in [6.45, 7) is 4.03. The SMILES string of the molecule is CCOC(=O)c1ccc(N2C(=O)c3[nH]nc(-c4ccc(C)cc4)c3[C@@H]2c2ccc(C(=O)OC)cc2)cc1. The Labute approximate surface area is 213 Å². The molecule has 4 aromatic rings. The topological polar surface area (TPSA) is 102 Å². The molecule has 37 heavy (non-hydrogen) atoms. The first-order valence-corrected chi connectivity index (χ1v) is 11.9. The van der Waals surface area contributed by atoms with Gasteiger partial charge in [0.25, 0.3) is 5.91 Å². The van der Waals surface area contributed by atoms with E-state index in [1.54, 1.807) is 48.2 Å². The number of nitrogens with one attached hydrogen (secondary N) is 1. The number of rotatable bonds is 6. The lowest BCUT2D eigenvalue weighted by Crippen LogP contribution is -2.29. The summed E-state index contributed by atoms with van der Waals surface area (Å²) in [5, 5.41) is 7.45. The molecule has 0 saturated heterocycles. The van der Waals surface area contributed by atoms with Gasteiger partial charge in [0.05, 0.1) is 36.6 Å². The van der Waals surface area contributed by atoms with Gasteiger partial charge in [0.15, 0.2) is 0 Å². The van der Waals surface area contributed by atoms with Crippen molar-refractivity contribution in [3.05, 3.63) is 106 Å². The number of carbonyl (C=O) groups excluding carboxylic acids is 3. The average Bonchev–Trinajstić information content (AvgIpc) is 3.48. The van der Waals surface area contributed by atoms with E-state index in [-0.39, 0.29) is 12.5 Å². The van der Waals surface area contributed by atoms with Crippen molar-refractivity contribution in [1.29, 1.82) is 0 Å². The van der Waals surface area contributed by atoms with Crippen LogP contribution in [-0.4, -0.2) is 41.8 Å². The zero-order valence-corrected chi connectivity index (χ0v) is 20.6. The number of aryl methyl sites for hydroxylation is 1. The molecule has 1 atom stereocenters. The first-order valence-electron chi connectivity index (χ1n) is 11.9. The van der Waals surface area contributed by atoms with E-state index in [0.29, 0.717) is 28.2 Å². The normalized spacial score (nSPS) is 14.4. The average molecular weight is 496 g/mol. The Kier molecular flexibility index (Phi) is 6.31. The lowest BCUT2D eigenvalue weighted by molar-refractivity contribution is 0.0525. The Bertz CT molecular complexity index is 1470. The number of benzene rings is 3. The molecule has 1 aromatic heterocycles. The number of anilines is 1. The molecule has 2 heterocycles. The predicted molar refractivity (Wildman–Crippen MR) is 138 cm³/mol. The van der Waals surface area contributed by atoms with E-state index < -0.39 is 18.0 Å². The van der Waals surface area contributed by atoms with E-state index in [1.807, 2.05) is 43.3 Å². The number of ether oxygens (including phenoxy) is 2. The van der Waals surface area contributed by atoms with Crippen LogP contribution in [0.25, 0.3) is 11.3 Å². The van der Waals surface area contributed by atoms with Crippen molar-refractivity contribution in [2.75, 3.05) is 18.6 Å². The Hall–Kier alpha value is -4.72. The molecule has 0 bridgehead atoms. The molecule has 0 fully saturated rings. The van der Waals surface area contributed by atoms with Crippen molar-refractivity contribution < 1.29 is 23.9 Å². The fourth-order valence-electron chi connectivity index (χ4n) is 4.55. The Morgan fingerprint density at radius 3 is 2.16 bits per heavy atom. The molecule has 0 saturated carbocycles. The quantitative estimate of drug-likeness (QED) is 0.374. The van der Waals surface area contributed by atoms with Gasteiger partial charge >= 0.3 is 11.9 Å². The van der Waals surface area contributed by atoms with E-state index in [1.165, 1.54) is 7.11 Å². The number of carbonyl (C=O) groups is 3. The van der Waals surface area contributed by atoms with E-state index >= 15 is 0 Å². The number of hydrogen-bond acceptors (Lipinski definition) is 6. The molecule has 0 radical (unpaired) electrons. The predicted octanol–water partition coefficient (Wildman–Crippen LogP) is 5.10. The molecule has 1 N–H and O–H groups in total. The second-order valence-corrected chi connectivity index (χ2v) is 8.69. The highest BCUT2D eigenvalue weighted by Gasteiger charge is 2.43. The van der Waals surface area contributed by atoms with Crippen molar-refractivity contribution in [3.63, 3.8) is 0 Å². The third-order valence-corrected chi connectivity index (χ3v) is 6.40. The molecule has 1 aliphatic heterocycles. The number of esters is 2. The summed E-state index contributed by atoms with van der Waals surface area (Å²) >= 11 is 0. The third-order valence-electron chi connectivity index (χ3n) is 6.40. The van der Waals surface area contributed by atoms with Crippen LogP contribution in [0, 0.1) is 6.92 Å². The Balaban J connectivity index is 1.62. The van der Waals surface area contributed by atoms with Gasteiger partial charge < -0.3 is 9.47 Å². The number of fused-ring (bicyclic) bond motifs is 1. The molecular formula is C29H25N3O5. The van der Waals surface area contributed by atoms with Gasteiger partial charge in [0.1, 0.15) is 5.69 Å². The smallest absolute Gasteiger partial charge is 0.338 e. The van der Waals surface area contributed by atoms with Crippen LogP contribution < -0.4 is 4.90 Å². The van der Waals surface area contributed by atoms with Crippen molar-refractivity contribution in [3.8, 4) is 11.3 Å². The van der Waals surface area contributed by atoms with Crippen LogP contribution in [0.3, 0.4) is 0 Å². The minimum atomic E-state index is -0.516. The highest BCUT2D eigenvalue weighted by Crippen LogP contribution is 2.45. The summed E-state index contributed by atoms with van der Waals surface area (Å²) in [5.74, 6) is -1.11. The van der Waals surface area contributed by atoms with Crippen molar-refractivity contribution in [2.24, 2.45) is 0 Å². The molecule has 1 aliphatic rings. The molecule has 5 rings (SSSR count). The maximum absolute atomic E-state index is 13.7. The number of amides is 1. The highest BCUT2D eigenvalue weighted by molar-refractivity contribution is 6.12. The molecule has 8 heteroatoms. The van der Waals surface area contributed by atoms with Crippen LogP contribution in [0.2, 0.25) is 0 Å². The van der Waals surface area contributed by atoms with Crippen molar-refractivity contribution >= 4 is 23.5 Å². The molecule has 1 amide bonds. The number of aromatic amines is 1. The van der Waals surface area contributed by atoms with Gasteiger partial charge in [-0.1, -0.05) is 42.0 Å². The van der Waals surface area contributed by atoms with E-state index in [9.17, 15) is 14.4 Å². The zero-order chi connectivity index (χ0) is 26.1. The molecule has 0 spiro atoms. The van der Waals surface area contributed by atoms with Gasteiger partial charge in [-0.2, -0.15) is 5.10 Å². The summed E-state index contributed by atoms with van der Waals surface area (Å²) in [4.78, 5) is 39.5. The highest BCUT2D eigenvalue weighted by atomic mass is 16.5. The van der Waals surface area contributed by atoms with Crippen molar-refractivity contribution in [2.45, 2.75) is 19.9 Å². The maximum atomic E-state index is 13.7. The largest absolute Gasteiger partial charge is 0.465 e. The van der Waals surface area contributed by atoms with Gasteiger partial charge in [-0.15, -0.1) is 0 Å². The summed E-state index contributed by atoms with van der Waals surface area (Å²) in [6, 6.07) is 21.2. The van der Waals surface area contributed by atoms with Gasteiger partial charge in [-0.05, 0) is 55.8 Å².